The maximum absolute atomic E-state index is 10.6. The van der Waals surface area contributed by atoms with Crippen LogP contribution in [0.25, 0.3) is 11.4 Å². The Labute approximate surface area is 157 Å². The molecule has 1 unspecified atom stereocenters. The first kappa shape index (κ1) is 18.7. The number of H-pyrrole nitrogens is 1. The minimum absolute atomic E-state index is 0.268. The number of rotatable bonds is 7. The summed E-state index contributed by atoms with van der Waals surface area (Å²) in [6, 6.07) is 11.5. The fourth-order valence-corrected chi connectivity index (χ4v) is 2.60. The molecule has 0 radical (unpaired) electrons. The third-order valence-electron chi connectivity index (χ3n) is 4.03. The van der Waals surface area contributed by atoms with Gasteiger partial charge in [0.2, 0.25) is 0 Å². The summed E-state index contributed by atoms with van der Waals surface area (Å²) in [4.78, 5) is 8.77. The van der Waals surface area contributed by atoms with Gasteiger partial charge in [0.05, 0.1) is 19.4 Å². The number of aromatic amines is 1. The van der Waals surface area contributed by atoms with Crippen molar-refractivity contribution in [1.82, 2.24) is 25.8 Å². The van der Waals surface area contributed by atoms with E-state index in [9.17, 15) is 5.11 Å². The fraction of sp³-hybridized carbons (Fsp3) is 0.316. The van der Waals surface area contributed by atoms with Gasteiger partial charge in [-0.25, -0.2) is 9.98 Å². The lowest BCUT2D eigenvalue weighted by Crippen LogP contribution is -2.44. The van der Waals surface area contributed by atoms with Crippen LogP contribution in [0, 0.1) is 0 Å². The van der Waals surface area contributed by atoms with Gasteiger partial charge in [-0.05, 0) is 37.6 Å². The number of aromatic nitrogens is 3. The van der Waals surface area contributed by atoms with Gasteiger partial charge in [0.15, 0.2) is 11.8 Å². The zero-order valence-electron chi connectivity index (χ0n) is 15.4. The molecule has 4 N–H and O–H groups in total. The molecule has 0 bridgehead atoms. The van der Waals surface area contributed by atoms with E-state index < -0.39 is 5.60 Å². The molecule has 1 atom stereocenters. The van der Waals surface area contributed by atoms with E-state index in [2.05, 4.69) is 30.8 Å². The Morgan fingerprint density at radius 3 is 2.89 bits per heavy atom. The predicted octanol–water partition coefficient (Wildman–Crippen LogP) is 2.03. The van der Waals surface area contributed by atoms with E-state index in [4.69, 9.17) is 4.42 Å². The molecule has 3 aromatic rings. The molecule has 0 spiro atoms. The quantitative estimate of drug-likeness (QED) is 0.375. The minimum Gasteiger partial charge on any atom is -0.466 e. The molecule has 1 aromatic carbocycles. The molecule has 8 heteroatoms. The molecule has 2 heterocycles. The predicted molar refractivity (Wildman–Crippen MR) is 103 cm³/mol. The number of aliphatic imine (C=N–C) groups is 1. The molecular weight excluding hydrogens is 344 g/mol. The van der Waals surface area contributed by atoms with Crippen LogP contribution in [-0.2, 0) is 12.1 Å². The van der Waals surface area contributed by atoms with Crippen LogP contribution in [0.2, 0.25) is 0 Å². The summed E-state index contributed by atoms with van der Waals surface area (Å²) in [5.41, 5.74) is 0.865. The van der Waals surface area contributed by atoms with Crippen LogP contribution in [-0.4, -0.2) is 39.3 Å². The van der Waals surface area contributed by atoms with Gasteiger partial charge in [0.1, 0.15) is 17.7 Å². The Hall–Kier alpha value is -3.13. The molecule has 0 fully saturated rings. The molecule has 0 amide bonds. The summed E-state index contributed by atoms with van der Waals surface area (Å²) in [5.74, 6) is 1.85. The summed E-state index contributed by atoms with van der Waals surface area (Å²) in [7, 11) is 0. The molecule has 142 valence electrons. The normalized spacial score (nSPS) is 14.0. The Bertz CT molecular complexity index is 856. The van der Waals surface area contributed by atoms with Crippen molar-refractivity contribution in [3.8, 4) is 11.4 Å². The van der Waals surface area contributed by atoms with Crippen molar-refractivity contribution >= 4 is 5.96 Å². The van der Waals surface area contributed by atoms with Gasteiger partial charge in [-0.3, -0.25) is 5.10 Å². The second-order valence-corrected chi connectivity index (χ2v) is 6.33. The summed E-state index contributed by atoms with van der Waals surface area (Å²) in [6.45, 7) is 5.16. The van der Waals surface area contributed by atoms with Crippen molar-refractivity contribution in [1.29, 1.82) is 0 Å². The Morgan fingerprint density at radius 1 is 1.30 bits per heavy atom. The summed E-state index contributed by atoms with van der Waals surface area (Å²) < 4.78 is 5.30. The molecule has 3 rings (SSSR count). The highest BCUT2D eigenvalue weighted by Crippen LogP contribution is 2.20. The molecule has 8 nitrogen and oxygen atoms in total. The van der Waals surface area contributed by atoms with Crippen LogP contribution in [0.15, 0.2) is 58.4 Å². The van der Waals surface area contributed by atoms with Gasteiger partial charge in [-0.1, -0.05) is 18.2 Å². The average molecular weight is 368 g/mol. The van der Waals surface area contributed by atoms with Crippen LogP contribution in [0.1, 0.15) is 25.2 Å². The lowest BCUT2D eigenvalue weighted by molar-refractivity contribution is 0.0386. The Morgan fingerprint density at radius 2 is 2.19 bits per heavy atom. The number of furan rings is 1. The van der Waals surface area contributed by atoms with Gasteiger partial charge >= 0.3 is 0 Å². The van der Waals surface area contributed by atoms with Gasteiger partial charge in [-0.2, -0.15) is 5.10 Å². The first-order valence-corrected chi connectivity index (χ1v) is 8.81. The monoisotopic (exact) mass is 368 g/mol. The van der Waals surface area contributed by atoms with Gasteiger partial charge in [-0.15, -0.1) is 0 Å². The third kappa shape index (κ3) is 4.95. The zero-order chi connectivity index (χ0) is 19.1. The lowest BCUT2D eigenvalue weighted by atomic mass is 10.0. The second kappa shape index (κ2) is 8.50. The maximum Gasteiger partial charge on any atom is 0.191 e. The largest absolute Gasteiger partial charge is 0.466 e. The van der Waals surface area contributed by atoms with E-state index in [1.807, 2.05) is 31.2 Å². The first-order valence-electron chi connectivity index (χ1n) is 8.81. The number of aliphatic hydroxyl groups is 1. The number of nitrogens with zero attached hydrogens (tertiary/aromatic N) is 3. The van der Waals surface area contributed by atoms with Crippen molar-refractivity contribution < 1.29 is 9.52 Å². The van der Waals surface area contributed by atoms with Gasteiger partial charge < -0.3 is 20.2 Å². The lowest BCUT2D eigenvalue weighted by Gasteiger charge is -2.22. The zero-order valence-corrected chi connectivity index (χ0v) is 15.4. The second-order valence-electron chi connectivity index (χ2n) is 6.33. The van der Waals surface area contributed by atoms with Crippen molar-refractivity contribution in [3.05, 3.63) is 60.3 Å². The van der Waals surface area contributed by atoms with Crippen molar-refractivity contribution in [3.63, 3.8) is 0 Å². The first-order chi connectivity index (χ1) is 13.1. The van der Waals surface area contributed by atoms with E-state index >= 15 is 0 Å². The van der Waals surface area contributed by atoms with Crippen LogP contribution >= 0.6 is 0 Å². The standard InChI is InChI=1S/C19H24N6O2/c1-3-20-18(22-12-19(2,26)16-8-5-9-27-16)21-11-14-6-4-7-15(10-14)17-23-13-24-25-17/h4-10,13,26H,3,11-12H2,1-2H3,(H2,20,21,22)(H,23,24,25). The molecule has 0 aliphatic carbocycles. The van der Waals surface area contributed by atoms with Crippen LogP contribution < -0.4 is 10.6 Å². The number of hydrogen-bond acceptors (Lipinski definition) is 5. The number of benzene rings is 1. The SMILES string of the molecule is CCNC(=NCc1cccc(-c2ncn[nH]2)c1)NCC(C)(O)c1ccco1. The summed E-state index contributed by atoms with van der Waals surface area (Å²) in [5, 5.41) is 23.6. The van der Waals surface area contributed by atoms with E-state index in [1.54, 1.807) is 25.3 Å². The van der Waals surface area contributed by atoms with Crippen molar-refractivity contribution in [2.45, 2.75) is 26.0 Å². The Balaban J connectivity index is 1.66. The van der Waals surface area contributed by atoms with Gasteiger partial charge in [0, 0.05) is 12.1 Å². The smallest absolute Gasteiger partial charge is 0.191 e. The van der Waals surface area contributed by atoms with Crippen LogP contribution in [0.4, 0.5) is 0 Å². The van der Waals surface area contributed by atoms with E-state index in [1.165, 1.54) is 6.33 Å². The van der Waals surface area contributed by atoms with E-state index in [0.29, 0.717) is 24.8 Å². The molecular formula is C19H24N6O2. The fourth-order valence-electron chi connectivity index (χ4n) is 2.60. The van der Waals surface area contributed by atoms with E-state index in [-0.39, 0.29) is 6.54 Å². The number of guanidine groups is 1. The number of nitrogens with one attached hydrogen (secondary N) is 3. The maximum atomic E-state index is 10.6. The highest BCUT2D eigenvalue weighted by molar-refractivity contribution is 5.79. The summed E-state index contributed by atoms with van der Waals surface area (Å²) in [6.07, 6.45) is 3.03. The Kier molecular flexibility index (Phi) is 5.87. The van der Waals surface area contributed by atoms with Gasteiger partial charge in [0.25, 0.3) is 0 Å². The van der Waals surface area contributed by atoms with Crippen molar-refractivity contribution in [2.75, 3.05) is 13.1 Å². The highest BCUT2D eigenvalue weighted by atomic mass is 16.4. The molecule has 0 saturated carbocycles. The highest BCUT2D eigenvalue weighted by Gasteiger charge is 2.26. The van der Waals surface area contributed by atoms with Crippen LogP contribution in [0.3, 0.4) is 0 Å². The number of hydrogen-bond donors (Lipinski definition) is 4. The van der Waals surface area contributed by atoms with E-state index in [0.717, 1.165) is 17.0 Å². The van der Waals surface area contributed by atoms with Crippen molar-refractivity contribution in [2.24, 2.45) is 4.99 Å². The molecule has 2 aromatic heterocycles. The minimum atomic E-state index is -1.13. The van der Waals surface area contributed by atoms with Crippen LogP contribution in [0.5, 0.6) is 0 Å². The average Bonchev–Trinajstić information content (AvgIpc) is 3.38. The molecule has 0 saturated heterocycles. The molecule has 27 heavy (non-hydrogen) atoms. The molecule has 0 aliphatic heterocycles. The molecule has 0 aliphatic rings. The topological polar surface area (TPSA) is 111 Å². The third-order valence-corrected chi connectivity index (χ3v) is 4.03. The summed E-state index contributed by atoms with van der Waals surface area (Å²) >= 11 is 0.